The highest BCUT2D eigenvalue weighted by Gasteiger charge is 2.26. The first kappa shape index (κ1) is 16.5. The minimum atomic E-state index is -3.06. The normalized spacial score (nSPS) is 20.2. The SMILES string of the molecule is CCCS(=O)(=O)N(C)C[C@@H]1CCN(Cc2ccccc2)C1. The molecule has 5 heteroatoms. The zero-order valence-corrected chi connectivity index (χ0v) is 13.8. The summed E-state index contributed by atoms with van der Waals surface area (Å²) in [6, 6.07) is 10.4. The largest absolute Gasteiger partial charge is 0.299 e. The summed E-state index contributed by atoms with van der Waals surface area (Å²) in [7, 11) is -1.35. The Morgan fingerprint density at radius 3 is 2.67 bits per heavy atom. The first-order valence-electron chi connectivity index (χ1n) is 7.71. The molecule has 1 fully saturated rings. The molecule has 1 aromatic carbocycles. The smallest absolute Gasteiger partial charge is 0.213 e. The second kappa shape index (κ2) is 7.38. The molecule has 0 amide bonds. The quantitative estimate of drug-likeness (QED) is 0.775. The van der Waals surface area contributed by atoms with Gasteiger partial charge in [-0.3, -0.25) is 4.90 Å². The van der Waals surface area contributed by atoms with E-state index in [2.05, 4.69) is 29.2 Å². The molecule has 1 atom stereocenters. The molecule has 0 N–H and O–H groups in total. The van der Waals surface area contributed by atoms with Crippen LogP contribution in [-0.4, -0.2) is 50.1 Å². The predicted octanol–water partition coefficient (Wildman–Crippen LogP) is 2.18. The van der Waals surface area contributed by atoms with Crippen molar-refractivity contribution in [2.75, 3.05) is 32.4 Å². The van der Waals surface area contributed by atoms with Crippen LogP contribution in [0.5, 0.6) is 0 Å². The molecule has 0 aliphatic carbocycles. The summed E-state index contributed by atoms with van der Waals surface area (Å²) in [6.45, 7) is 5.56. The summed E-state index contributed by atoms with van der Waals surface area (Å²) in [5.41, 5.74) is 1.32. The number of rotatable bonds is 7. The average molecular weight is 310 g/mol. The highest BCUT2D eigenvalue weighted by Crippen LogP contribution is 2.20. The third-order valence-electron chi connectivity index (χ3n) is 4.07. The van der Waals surface area contributed by atoms with Crippen molar-refractivity contribution < 1.29 is 8.42 Å². The molecule has 1 aromatic rings. The molecule has 118 valence electrons. The Balaban J connectivity index is 1.83. The Hall–Kier alpha value is -0.910. The van der Waals surface area contributed by atoms with E-state index in [4.69, 9.17) is 0 Å². The fraction of sp³-hybridized carbons (Fsp3) is 0.625. The van der Waals surface area contributed by atoms with Crippen molar-refractivity contribution in [3.05, 3.63) is 35.9 Å². The van der Waals surface area contributed by atoms with Crippen molar-refractivity contribution in [3.8, 4) is 0 Å². The molecule has 0 aromatic heterocycles. The van der Waals surface area contributed by atoms with Gasteiger partial charge in [0.15, 0.2) is 0 Å². The Kier molecular flexibility index (Phi) is 5.79. The molecular weight excluding hydrogens is 284 g/mol. The van der Waals surface area contributed by atoms with Crippen molar-refractivity contribution in [1.29, 1.82) is 0 Å². The van der Waals surface area contributed by atoms with Gasteiger partial charge in [-0.05, 0) is 30.9 Å². The molecule has 1 aliphatic heterocycles. The lowest BCUT2D eigenvalue weighted by Crippen LogP contribution is -2.34. The van der Waals surface area contributed by atoms with Crippen molar-refractivity contribution >= 4 is 10.0 Å². The topological polar surface area (TPSA) is 40.6 Å². The maximum atomic E-state index is 12.0. The van der Waals surface area contributed by atoms with E-state index in [9.17, 15) is 8.42 Å². The van der Waals surface area contributed by atoms with Gasteiger partial charge in [0.2, 0.25) is 10.0 Å². The highest BCUT2D eigenvalue weighted by atomic mass is 32.2. The van der Waals surface area contributed by atoms with E-state index in [-0.39, 0.29) is 5.75 Å². The van der Waals surface area contributed by atoms with Crippen molar-refractivity contribution in [1.82, 2.24) is 9.21 Å². The average Bonchev–Trinajstić information content (AvgIpc) is 2.87. The lowest BCUT2D eigenvalue weighted by Gasteiger charge is -2.21. The Morgan fingerprint density at radius 2 is 2.00 bits per heavy atom. The van der Waals surface area contributed by atoms with Gasteiger partial charge in [0, 0.05) is 26.7 Å². The van der Waals surface area contributed by atoms with Gasteiger partial charge in [0.1, 0.15) is 0 Å². The van der Waals surface area contributed by atoms with Crippen LogP contribution in [0.2, 0.25) is 0 Å². The van der Waals surface area contributed by atoms with Gasteiger partial charge in [-0.15, -0.1) is 0 Å². The summed E-state index contributed by atoms with van der Waals surface area (Å²) in [5.74, 6) is 0.703. The zero-order chi connectivity index (χ0) is 15.3. The second-order valence-corrected chi connectivity index (χ2v) is 8.17. The summed E-state index contributed by atoms with van der Waals surface area (Å²) >= 11 is 0. The molecule has 1 aliphatic rings. The molecule has 4 nitrogen and oxygen atoms in total. The van der Waals surface area contributed by atoms with Crippen LogP contribution in [0.1, 0.15) is 25.3 Å². The predicted molar refractivity (Wildman–Crippen MR) is 86.5 cm³/mol. The van der Waals surface area contributed by atoms with Crippen LogP contribution >= 0.6 is 0 Å². The number of nitrogens with zero attached hydrogens (tertiary/aromatic N) is 2. The lowest BCUT2D eigenvalue weighted by molar-refractivity contribution is 0.304. The molecule has 2 rings (SSSR count). The molecule has 0 spiro atoms. The number of hydrogen-bond acceptors (Lipinski definition) is 3. The van der Waals surface area contributed by atoms with E-state index < -0.39 is 10.0 Å². The summed E-state index contributed by atoms with van der Waals surface area (Å²) in [6.07, 6.45) is 1.76. The van der Waals surface area contributed by atoms with Gasteiger partial charge in [-0.2, -0.15) is 0 Å². The second-order valence-electron chi connectivity index (χ2n) is 5.97. The third kappa shape index (κ3) is 4.80. The molecule has 0 unspecified atom stereocenters. The molecule has 21 heavy (non-hydrogen) atoms. The van der Waals surface area contributed by atoms with E-state index in [0.717, 1.165) is 26.1 Å². The van der Waals surface area contributed by atoms with Crippen molar-refractivity contribution in [2.24, 2.45) is 5.92 Å². The number of benzene rings is 1. The van der Waals surface area contributed by atoms with Gasteiger partial charge in [-0.1, -0.05) is 37.3 Å². The first-order chi connectivity index (χ1) is 10.0. The van der Waals surface area contributed by atoms with Crippen LogP contribution in [0.3, 0.4) is 0 Å². The summed E-state index contributed by atoms with van der Waals surface area (Å²) in [4.78, 5) is 2.42. The third-order valence-corrected chi connectivity index (χ3v) is 6.09. The maximum Gasteiger partial charge on any atom is 0.213 e. The molecule has 0 saturated carbocycles. The minimum absolute atomic E-state index is 0.254. The Morgan fingerprint density at radius 1 is 1.29 bits per heavy atom. The van der Waals surface area contributed by atoms with E-state index in [1.807, 2.05) is 13.0 Å². The van der Waals surface area contributed by atoms with E-state index in [1.165, 1.54) is 5.56 Å². The standard InChI is InChI=1S/C16H26N2O2S/c1-3-11-21(19,20)17(2)12-16-9-10-18(14-16)13-15-7-5-4-6-8-15/h4-8,16H,3,9-14H2,1-2H3/t16-/m0/s1. The Bertz CT molecular complexity index is 530. The monoisotopic (exact) mass is 310 g/mol. The number of sulfonamides is 1. The summed E-state index contributed by atoms with van der Waals surface area (Å²) in [5, 5.41) is 0. The first-order valence-corrected chi connectivity index (χ1v) is 9.32. The van der Waals surface area contributed by atoms with Crippen LogP contribution in [0, 0.1) is 5.92 Å². The molecule has 0 bridgehead atoms. The van der Waals surface area contributed by atoms with Crippen LogP contribution in [0.25, 0.3) is 0 Å². The van der Waals surface area contributed by atoms with Crippen molar-refractivity contribution in [2.45, 2.75) is 26.3 Å². The van der Waals surface area contributed by atoms with Crippen molar-refractivity contribution in [3.63, 3.8) is 0 Å². The zero-order valence-electron chi connectivity index (χ0n) is 13.0. The number of likely N-dealkylation sites (tertiary alicyclic amines) is 1. The molecule has 0 radical (unpaired) electrons. The maximum absolute atomic E-state index is 12.0. The van der Waals surface area contributed by atoms with Crippen LogP contribution in [0.4, 0.5) is 0 Å². The van der Waals surface area contributed by atoms with Gasteiger partial charge < -0.3 is 0 Å². The fourth-order valence-electron chi connectivity index (χ4n) is 2.94. The molecule has 1 saturated heterocycles. The van der Waals surface area contributed by atoms with Gasteiger partial charge in [-0.25, -0.2) is 12.7 Å². The van der Waals surface area contributed by atoms with E-state index in [0.29, 0.717) is 18.9 Å². The minimum Gasteiger partial charge on any atom is -0.299 e. The lowest BCUT2D eigenvalue weighted by atomic mass is 10.1. The highest BCUT2D eigenvalue weighted by molar-refractivity contribution is 7.89. The van der Waals surface area contributed by atoms with Gasteiger partial charge in [0.05, 0.1) is 5.75 Å². The van der Waals surface area contributed by atoms with Crippen LogP contribution in [-0.2, 0) is 16.6 Å². The van der Waals surface area contributed by atoms with E-state index >= 15 is 0 Å². The van der Waals surface area contributed by atoms with E-state index in [1.54, 1.807) is 11.4 Å². The van der Waals surface area contributed by atoms with Gasteiger partial charge >= 0.3 is 0 Å². The van der Waals surface area contributed by atoms with Gasteiger partial charge in [0.25, 0.3) is 0 Å². The summed E-state index contributed by atoms with van der Waals surface area (Å²) < 4.78 is 25.6. The van der Waals surface area contributed by atoms with Crippen LogP contribution < -0.4 is 0 Å². The Labute approximate surface area is 128 Å². The fourth-order valence-corrected chi connectivity index (χ4v) is 4.20. The number of hydrogen-bond donors (Lipinski definition) is 0. The molecular formula is C16H26N2O2S. The van der Waals surface area contributed by atoms with Crippen LogP contribution in [0.15, 0.2) is 30.3 Å². The molecule has 1 heterocycles.